The molecule has 0 bridgehead atoms. The summed E-state index contributed by atoms with van der Waals surface area (Å²) in [7, 11) is 0. The van der Waals surface area contributed by atoms with Gasteiger partial charge in [0.25, 0.3) is 0 Å². The average molecular weight is 289 g/mol. The number of Topliss-reactive ketones (excluding diaryl/α,β-unsaturated/α-hetero) is 1. The lowest BCUT2D eigenvalue weighted by Gasteiger charge is -2.26. The van der Waals surface area contributed by atoms with Crippen LogP contribution < -0.4 is 5.32 Å². The second-order valence-electron chi connectivity index (χ2n) is 5.08. The van der Waals surface area contributed by atoms with Gasteiger partial charge in [-0.15, -0.1) is 0 Å². The number of nitrogens with one attached hydrogen (secondary N) is 1. The van der Waals surface area contributed by atoms with Gasteiger partial charge in [0.05, 0.1) is 12.1 Å². The van der Waals surface area contributed by atoms with Gasteiger partial charge in [-0.05, 0) is 32.4 Å². The Morgan fingerprint density at radius 2 is 1.90 bits per heavy atom. The molecular formula is C17H23NO3. The second-order valence-corrected chi connectivity index (χ2v) is 5.08. The Kier molecular flexibility index (Phi) is 5.47. The maximum atomic E-state index is 12.0. The van der Waals surface area contributed by atoms with Crippen LogP contribution in [-0.2, 0) is 15.1 Å². The lowest BCUT2D eigenvalue weighted by atomic mass is 9.92. The van der Waals surface area contributed by atoms with Crippen molar-refractivity contribution in [2.75, 3.05) is 6.61 Å². The van der Waals surface area contributed by atoms with Gasteiger partial charge in [-0.2, -0.15) is 0 Å². The van der Waals surface area contributed by atoms with Crippen molar-refractivity contribution in [2.24, 2.45) is 0 Å². The fraction of sp³-hybridized carbons (Fsp3) is 0.294. The molecule has 0 atom stereocenters. The standard InChI is InChI=1S/C17H21NO3.H2/c1-6-15(19)18-17(4,5)14-10-8-13(9-11-14)16(20)12(3)21-7-2;/h6,8-11H,1,3,7H2,2,4-5H3,(H,18,19);1H. The second kappa shape index (κ2) is 6.88. The average Bonchev–Trinajstić information content (AvgIpc) is 2.46. The molecule has 0 aliphatic carbocycles. The normalized spacial score (nSPS) is 10.6. The molecule has 0 aliphatic heterocycles. The Bertz CT molecular complexity index is 562. The summed E-state index contributed by atoms with van der Waals surface area (Å²) >= 11 is 0. The van der Waals surface area contributed by atoms with Crippen molar-refractivity contribution in [3.8, 4) is 0 Å². The highest BCUT2D eigenvalue weighted by molar-refractivity contribution is 6.06. The third kappa shape index (κ3) is 4.31. The van der Waals surface area contributed by atoms with Gasteiger partial charge in [-0.3, -0.25) is 9.59 Å². The van der Waals surface area contributed by atoms with Crippen LogP contribution in [0.15, 0.2) is 49.3 Å². The first kappa shape index (κ1) is 16.7. The van der Waals surface area contributed by atoms with Crippen molar-refractivity contribution in [3.63, 3.8) is 0 Å². The maximum absolute atomic E-state index is 12.0. The molecule has 1 aromatic rings. The monoisotopic (exact) mass is 289 g/mol. The summed E-state index contributed by atoms with van der Waals surface area (Å²) in [6, 6.07) is 7.00. The van der Waals surface area contributed by atoms with Gasteiger partial charge in [-0.25, -0.2) is 0 Å². The molecule has 0 aromatic heterocycles. The number of rotatable bonds is 7. The molecule has 0 heterocycles. The summed E-state index contributed by atoms with van der Waals surface area (Å²) < 4.78 is 5.11. The van der Waals surface area contributed by atoms with Crippen molar-refractivity contribution in [3.05, 3.63) is 60.4 Å². The van der Waals surface area contributed by atoms with E-state index in [0.29, 0.717) is 12.2 Å². The summed E-state index contributed by atoms with van der Waals surface area (Å²) in [6.07, 6.45) is 1.23. The third-order valence-corrected chi connectivity index (χ3v) is 3.06. The highest BCUT2D eigenvalue weighted by atomic mass is 16.5. The molecule has 21 heavy (non-hydrogen) atoms. The first-order valence-electron chi connectivity index (χ1n) is 6.73. The minimum atomic E-state index is -0.552. The van der Waals surface area contributed by atoms with E-state index in [2.05, 4.69) is 18.5 Å². The smallest absolute Gasteiger partial charge is 0.244 e. The molecule has 4 heteroatoms. The number of amides is 1. The fourth-order valence-electron chi connectivity index (χ4n) is 1.87. The number of allylic oxidation sites excluding steroid dienone is 1. The van der Waals surface area contributed by atoms with Crippen LogP contribution >= 0.6 is 0 Å². The molecule has 0 unspecified atom stereocenters. The van der Waals surface area contributed by atoms with Gasteiger partial charge in [0, 0.05) is 6.99 Å². The first-order chi connectivity index (χ1) is 9.81. The molecule has 1 rings (SSSR count). The van der Waals surface area contributed by atoms with Crippen LogP contribution in [0.4, 0.5) is 0 Å². The van der Waals surface area contributed by atoms with E-state index < -0.39 is 5.54 Å². The summed E-state index contributed by atoms with van der Waals surface area (Å²) in [5.74, 6) is -0.356. The van der Waals surface area contributed by atoms with Crippen LogP contribution in [-0.4, -0.2) is 18.3 Å². The predicted octanol–water partition coefficient (Wildman–Crippen LogP) is 3.20. The van der Waals surface area contributed by atoms with E-state index >= 15 is 0 Å². The van der Waals surface area contributed by atoms with Gasteiger partial charge < -0.3 is 10.1 Å². The van der Waals surface area contributed by atoms with E-state index in [4.69, 9.17) is 4.74 Å². The van der Waals surface area contributed by atoms with Crippen LogP contribution in [0.25, 0.3) is 0 Å². The number of benzene rings is 1. The van der Waals surface area contributed by atoms with Crippen LogP contribution in [0.1, 0.15) is 38.1 Å². The SMILES string of the molecule is C=CC(=O)NC(C)(C)c1ccc(C(=O)C(=C)OCC)cc1.[HH]. The van der Waals surface area contributed by atoms with Crippen LogP contribution in [0, 0.1) is 0 Å². The Morgan fingerprint density at radius 3 is 2.38 bits per heavy atom. The molecule has 0 spiro atoms. The Morgan fingerprint density at radius 1 is 1.33 bits per heavy atom. The van der Waals surface area contributed by atoms with Crippen molar-refractivity contribution < 1.29 is 15.8 Å². The quantitative estimate of drug-likeness (QED) is 0.476. The van der Waals surface area contributed by atoms with Crippen LogP contribution in [0.5, 0.6) is 0 Å². The first-order valence-corrected chi connectivity index (χ1v) is 6.73. The van der Waals surface area contributed by atoms with Crippen LogP contribution in [0.2, 0.25) is 0 Å². The summed E-state index contributed by atoms with van der Waals surface area (Å²) in [4.78, 5) is 23.4. The molecule has 0 fully saturated rings. The zero-order chi connectivity index (χ0) is 16.0. The molecule has 0 aliphatic rings. The molecular weight excluding hydrogens is 266 g/mol. The minimum Gasteiger partial charge on any atom is -0.490 e. The van der Waals surface area contributed by atoms with E-state index in [1.165, 1.54) is 6.08 Å². The Hall–Kier alpha value is -2.36. The lowest BCUT2D eigenvalue weighted by molar-refractivity contribution is -0.118. The number of carbonyl (C=O) groups is 2. The Balaban J connectivity index is 0.00000441. The number of carbonyl (C=O) groups excluding carboxylic acids is 2. The Labute approximate surface area is 127 Å². The molecule has 1 aromatic carbocycles. The van der Waals surface area contributed by atoms with Gasteiger partial charge in [0.1, 0.15) is 0 Å². The number of hydrogen-bond acceptors (Lipinski definition) is 3. The van der Waals surface area contributed by atoms with Gasteiger partial charge in [0.15, 0.2) is 5.76 Å². The molecule has 0 saturated heterocycles. The van der Waals surface area contributed by atoms with Gasteiger partial charge >= 0.3 is 0 Å². The van der Waals surface area contributed by atoms with E-state index in [0.717, 1.165) is 5.56 Å². The molecule has 1 N–H and O–H groups in total. The zero-order valence-electron chi connectivity index (χ0n) is 12.7. The zero-order valence-corrected chi connectivity index (χ0v) is 12.7. The predicted molar refractivity (Wildman–Crippen MR) is 85.0 cm³/mol. The highest BCUT2D eigenvalue weighted by Gasteiger charge is 2.22. The summed E-state index contributed by atoms with van der Waals surface area (Å²) in [6.45, 7) is 13.0. The number of hydrogen-bond donors (Lipinski definition) is 1. The van der Waals surface area contributed by atoms with Gasteiger partial charge in [0.2, 0.25) is 11.7 Å². The van der Waals surface area contributed by atoms with Crippen molar-refractivity contribution in [2.45, 2.75) is 26.3 Å². The third-order valence-electron chi connectivity index (χ3n) is 3.06. The van der Waals surface area contributed by atoms with E-state index in [1.807, 2.05) is 13.8 Å². The lowest BCUT2D eigenvalue weighted by Crippen LogP contribution is -2.40. The topological polar surface area (TPSA) is 55.4 Å². The largest absolute Gasteiger partial charge is 0.490 e. The van der Waals surface area contributed by atoms with Crippen LogP contribution in [0.3, 0.4) is 0 Å². The molecule has 1 amide bonds. The summed E-state index contributed by atoms with van der Waals surface area (Å²) in [5, 5.41) is 2.83. The van der Waals surface area contributed by atoms with Crippen molar-refractivity contribution in [1.29, 1.82) is 0 Å². The fourth-order valence-corrected chi connectivity index (χ4v) is 1.87. The molecule has 114 valence electrons. The number of ketones is 1. The van der Waals surface area contributed by atoms with E-state index in [9.17, 15) is 9.59 Å². The molecule has 4 nitrogen and oxygen atoms in total. The minimum absolute atomic E-state index is 0. The van der Waals surface area contributed by atoms with Crippen molar-refractivity contribution in [1.82, 2.24) is 5.32 Å². The molecule has 0 radical (unpaired) electrons. The summed E-state index contributed by atoms with van der Waals surface area (Å²) in [5.41, 5.74) is 0.836. The molecule has 0 saturated carbocycles. The highest BCUT2D eigenvalue weighted by Crippen LogP contribution is 2.21. The maximum Gasteiger partial charge on any atom is 0.244 e. The van der Waals surface area contributed by atoms with E-state index in [-0.39, 0.29) is 18.9 Å². The van der Waals surface area contributed by atoms with Gasteiger partial charge in [-0.1, -0.05) is 37.4 Å². The van der Waals surface area contributed by atoms with Crippen molar-refractivity contribution >= 4 is 11.7 Å². The number of ether oxygens (including phenoxy) is 1. The van der Waals surface area contributed by atoms with E-state index in [1.54, 1.807) is 31.2 Å².